The Morgan fingerprint density at radius 1 is 1.24 bits per heavy atom. The molecule has 4 amide bonds. The van der Waals surface area contributed by atoms with Crippen LogP contribution in [0.4, 0.5) is 4.79 Å². The van der Waals surface area contributed by atoms with Crippen LogP contribution < -0.4 is 5.32 Å². The number of benzene rings is 1. The molecule has 1 aromatic carbocycles. The number of aromatic nitrogens is 2. The number of piperidine rings is 1. The summed E-state index contributed by atoms with van der Waals surface area (Å²) in [5, 5.41) is 6.98. The van der Waals surface area contributed by atoms with Crippen molar-refractivity contribution in [1.82, 2.24) is 24.7 Å². The lowest BCUT2D eigenvalue weighted by Crippen LogP contribution is -2.56. The third kappa shape index (κ3) is 4.48. The predicted octanol–water partition coefficient (Wildman–Crippen LogP) is 2.65. The minimum absolute atomic E-state index is 0.0676. The molecule has 2 saturated heterocycles. The lowest BCUT2D eigenvalue weighted by Gasteiger charge is -2.41. The number of hydrogen-bond acceptors (Lipinski definition) is 6. The number of aryl methyl sites for hydroxylation is 2. The number of urea groups is 1. The van der Waals surface area contributed by atoms with Crippen molar-refractivity contribution in [3.63, 3.8) is 0 Å². The van der Waals surface area contributed by atoms with E-state index < -0.39 is 5.54 Å². The van der Waals surface area contributed by atoms with Gasteiger partial charge in [0.25, 0.3) is 11.8 Å². The molecular weight excluding hydrogens is 438 g/mol. The fraction of sp³-hybridized carbons (Fsp3) is 0.458. The van der Waals surface area contributed by atoms with Crippen LogP contribution in [0.15, 0.2) is 30.3 Å². The number of hydrogen-bond donors (Lipinski definition) is 1. The Labute approximate surface area is 197 Å². The lowest BCUT2D eigenvalue weighted by atomic mass is 9.74. The highest BCUT2D eigenvalue weighted by atomic mass is 32.1. The zero-order chi connectivity index (χ0) is 23.4. The van der Waals surface area contributed by atoms with Crippen LogP contribution in [0.1, 0.15) is 47.1 Å². The highest BCUT2D eigenvalue weighted by Crippen LogP contribution is 2.37. The molecular formula is C24H27N5O3S. The van der Waals surface area contributed by atoms with E-state index in [4.69, 9.17) is 0 Å². The molecule has 0 spiro atoms. The number of nitrogens with zero attached hydrogens (tertiary/aromatic N) is 4. The number of carbonyl (C=O) groups is 3. The van der Waals surface area contributed by atoms with E-state index in [-0.39, 0.29) is 30.3 Å². The maximum Gasteiger partial charge on any atom is 0.325 e. The molecule has 2 aliphatic rings. The number of likely N-dealkylation sites (tertiary alicyclic amines) is 1. The van der Waals surface area contributed by atoms with Crippen LogP contribution in [0, 0.1) is 24.7 Å². The number of imide groups is 1. The molecule has 1 atom stereocenters. The van der Waals surface area contributed by atoms with Gasteiger partial charge in [-0.15, -0.1) is 11.0 Å². The molecule has 9 heteroatoms. The average Bonchev–Trinajstić information content (AvgIpc) is 3.37. The molecule has 1 N–H and O–H groups in total. The molecule has 0 radical (unpaired) electrons. The van der Waals surface area contributed by atoms with Crippen molar-refractivity contribution < 1.29 is 14.4 Å². The Balaban J connectivity index is 1.53. The summed E-state index contributed by atoms with van der Waals surface area (Å²) in [7, 11) is 0. The van der Waals surface area contributed by atoms with Gasteiger partial charge in [-0.2, -0.15) is 0 Å². The first-order chi connectivity index (χ1) is 16.0. The van der Waals surface area contributed by atoms with Crippen molar-refractivity contribution in [3.8, 4) is 11.8 Å². The molecule has 33 heavy (non-hydrogen) atoms. The number of carbonyl (C=O) groups excluding carboxylic acids is 3. The molecule has 4 rings (SSSR count). The molecule has 1 aromatic heterocycles. The van der Waals surface area contributed by atoms with E-state index >= 15 is 0 Å². The molecule has 2 fully saturated rings. The molecule has 8 nitrogen and oxygen atoms in total. The van der Waals surface area contributed by atoms with Gasteiger partial charge in [0.1, 0.15) is 10.4 Å². The fourth-order valence-electron chi connectivity index (χ4n) is 4.73. The second-order valence-corrected chi connectivity index (χ2v) is 9.21. The molecule has 0 saturated carbocycles. The molecule has 2 aromatic rings. The average molecular weight is 466 g/mol. The van der Waals surface area contributed by atoms with Crippen molar-refractivity contribution in [1.29, 1.82) is 0 Å². The highest BCUT2D eigenvalue weighted by molar-refractivity contribution is 7.07. The number of rotatable bonds is 6. The highest BCUT2D eigenvalue weighted by Gasteiger charge is 2.55. The molecule has 172 valence electrons. The molecule has 0 bridgehead atoms. The Bertz CT molecular complexity index is 1100. The van der Waals surface area contributed by atoms with Crippen LogP contribution in [-0.4, -0.2) is 62.4 Å². The topological polar surface area (TPSA) is 95.5 Å². The second-order valence-electron chi connectivity index (χ2n) is 8.46. The molecule has 0 unspecified atom stereocenters. The monoisotopic (exact) mass is 465 g/mol. The third-order valence-electron chi connectivity index (χ3n) is 6.59. The van der Waals surface area contributed by atoms with Gasteiger partial charge in [0.05, 0.1) is 12.2 Å². The first-order valence-corrected chi connectivity index (χ1v) is 11.9. The molecule has 0 aliphatic carbocycles. The van der Waals surface area contributed by atoms with Gasteiger partial charge in [-0.25, -0.2) is 4.79 Å². The maximum absolute atomic E-state index is 13.6. The Hall–Kier alpha value is -3.25. The summed E-state index contributed by atoms with van der Waals surface area (Å²) in [6, 6.07) is 9.58. The zero-order valence-corrected chi connectivity index (χ0v) is 19.7. The van der Waals surface area contributed by atoms with Gasteiger partial charge in [0.2, 0.25) is 0 Å². The summed E-state index contributed by atoms with van der Waals surface area (Å²) in [4.78, 5) is 42.8. The Morgan fingerprint density at radius 3 is 2.61 bits per heavy atom. The normalized spacial score (nSPS) is 21.0. The summed E-state index contributed by atoms with van der Waals surface area (Å²) in [6.45, 7) is 4.59. The van der Waals surface area contributed by atoms with E-state index in [1.807, 2.05) is 30.3 Å². The summed E-state index contributed by atoms with van der Waals surface area (Å²) in [6.07, 6.45) is 2.44. The van der Waals surface area contributed by atoms with Crippen LogP contribution in [-0.2, 0) is 11.2 Å². The van der Waals surface area contributed by atoms with Gasteiger partial charge < -0.3 is 10.2 Å². The summed E-state index contributed by atoms with van der Waals surface area (Å²) >= 11 is 1.11. The Morgan fingerprint density at radius 2 is 1.97 bits per heavy atom. The van der Waals surface area contributed by atoms with Gasteiger partial charge in [0.15, 0.2) is 0 Å². The van der Waals surface area contributed by atoms with Crippen molar-refractivity contribution in [2.45, 2.75) is 45.1 Å². The predicted molar refractivity (Wildman–Crippen MR) is 124 cm³/mol. The summed E-state index contributed by atoms with van der Waals surface area (Å²) in [5.74, 6) is 5.25. The quantitative estimate of drug-likeness (QED) is 0.523. The van der Waals surface area contributed by atoms with Gasteiger partial charge in [0, 0.05) is 13.1 Å². The van der Waals surface area contributed by atoms with Gasteiger partial charge in [-0.1, -0.05) is 40.7 Å². The van der Waals surface area contributed by atoms with Crippen LogP contribution in [0.3, 0.4) is 0 Å². The van der Waals surface area contributed by atoms with E-state index in [0.717, 1.165) is 17.1 Å². The van der Waals surface area contributed by atoms with Crippen molar-refractivity contribution >= 4 is 29.4 Å². The van der Waals surface area contributed by atoms with Crippen LogP contribution in [0.25, 0.3) is 0 Å². The first-order valence-electron chi connectivity index (χ1n) is 11.1. The standard InChI is InChI=1S/C24H27N5O3S/c1-3-4-14-29-22(31)24(25-23(29)32,13-10-18-8-6-5-7-9-18)19-11-15-28(16-12-19)21(30)20-17(2)26-27-33-20/h5-9,19H,10-16H2,1-2H3,(H,25,32)/t24-/m1/s1. The smallest absolute Gasteiger partial charge is 0.325 e. The lowest BCUT2D eigenvalue weighted by molar-refractivity contribution is -0.133. The number of amides is 4. The molecule has 2 aliphatic heterocycles. The third-order valence-corrected chi connectivity index (χ3v) is 7.41. The second kappa shape index (κ2) is 9.71. The SMILES string of the molecule is CC#CCN1C(=O)N[C@](CCc2ccccc2)(C2CCN(C(=O)c3snnc3C)CC2)C1=O. The zero-order valence-electron chi connectivity index (χ0n) is 18.8. The largest absolute Gasteiger partial charge is 0.338 e. The van der Waals surface area contributed by atoms with Crippen molar-refractivity contribution in [2.75, 3.05) is 19.6 Å². The van der Waals surface area contributed by atoms with E-state index in [1.54, 1.807) is 18.7 Å². The van der Waals surface area contributed by atoms with E-state index in [0.29, 0.717) is 49.3 Å². The fourth-order valence-corrected chi connectivity index (χ4v) is 5.35. The van der Waals surface area contributed by atoms with Crippen LogP contribution >= 0.6 is 11.5 Å². The number of nitrogens with one attached hydrogen (secondary N) is 1. The van der Waals surface area contributed by atoms with Gasteiger partial charge in [-0.3, -0.25) is 14.5 Å². The Kier molecular flexibility index (Phi) is 6.75. The van der Waals surface area contributed by atoms with Gasteiger partial charge in [-0.05, 0) is 62.5 Å². The van der Waals surface area contributed by atoms with Crippen molar-refractivity contribution in [2.24, 2.45) is 5.92 Å². The van der Waals surface area contributed by atoms with E-state index in [2.05, 4.69) is 26.7 Å². The van der Waals surface area contributed by atoms with Gasteiger partial charge >= 0.3 is 6.03 Å². The minimum Gasteiger partial charge on any atom is -0.338 e. The van der Waals surface area contributed by atoms with E-state index in [1.165, 1.54) is 4.90 Å². The summed E-state index contributed by atoms with van der Waals surface area (Å²) in [5.41, 5.74) is 0.767. The minimum atomic E-state index is -0.987. The van der Waals surface area contributed by atoms with Crippen LogP contribution in [0.2, 0.25) is 0 Å². The van der Waals surface area contributed by atoms with Crippen LogP contribution in [0.5, 0.6) is 0 Å². The van der Waals surface area contributed by atoms with Crippen molar-refractivity contribution in [3.05, 3.63) is 46.5 Å². The summed E-state index contributed by atoms with van der Waals surface area (Å²) < 4.78 is 3.87. The maximum atomic E-state index is 13.6. The van der Waals surface area contributed by atoms with E-state index in [9.17, 15) is 14.4 Å². The molecule has 3 heterocycles. The first kappa shape index (κ1) is 22.9.